The molecule has 2 heterocycles. The largest absolute Gasteiger partial charge is 0.312 e. The van der Waals surface area contributed by atoms with Crippen LogP contribution >= 0.6 is 11.6 Å². The molecule has 0 aliphatic carbocycles. The Hall–Kier alpha value is -0.540. The van der Waals surface area contributed by atoms with Crippen molar-refractivity contribution >= 4 is 11.6 Å². The van der Waals surface area contributed by atoms with E-state index in [1.807, 2.05) is 10.7 Å². The lowest BCUT2D eigenvalue weighted by atomic mass is 10.2. The zero-order valence-electron chi connectivity index (χ0n) is 6.83. The van der Waals surface area contributed by atoms with Crippen molar-refractivity contribution in [1.29, 1.82) is 0 Å². The monoisotopic (exact) mass is 185 g/mol. The van der Waals surface area contributed by atoms with Gasteiger partial charge >= 0.3 is 0 Å². The van der Waals surface area contributed by atoms with E-state index >= 15 is 0 Å². The van der Waals surface area contributed by atoms with Crippen LogP contribution in [0.4, 0.5) is 0 Å². The number of nitrogens with one attached hydrogen (secondary N) is 1. The Labute approximate surface area is 76.7 Å². The molecule has 0 aromatic carbocycles. The van der Waals surface area contributed by atoms with E-state index in [9.17, 15) is 0 Å². The van der Waals surface area contributed by atoms with Gasteiger partial charge in [-0.25, -0.2) is 0 Å². The highest BCUT2D eigenvalue weighted by Crippen LogP contribution is 2.11. The van der Waals surface area contributed by atoms with Gasteiger partial charge in [0.25, 0.3) is 0 Å². The summed E-state index contributed by atoms with van der Waals surface area (Å²) in [6.07, 6.45) is 4.23. The molecule has 0 radical (unpaired) electrons. The standard InChI is InChI=1S/C8H12ClN3/c9-8-3-5-11-12(8)6-7-2-1-4-10-7/h3,5,7,10H,1-2,4,6H2. The molecular weight excluding hydrogens is 174 g/mol. The number of hydrogen-bond donors (Lipinski definition) is 1. The fraction of sp³-hybridized carbons (Fsp3) is 0.625. The highest BCUT2D eigenvalue weighted by molar-refractivity contribution is 6.29. The predicted molar refractivity (Wildman–Crippen MR) is 48.3 cm³/mol. The average Bonchev–Trinajstić information content (AvgIpc) is 2.65. The first kappa shape index (κ1) is 8.08. The van der Waals surface area contributed by atoms with Gasteiger partial charge in [-0.15, -0.1) is 0 Å². The summed E-state index contributed by atoms with van der Waals surface area (Å²) in [5.74, 6) is 0. The zero-order chi connectivity index (χ0) is 8.39. The van der Waals surface area contributed by atoms with Crippen LogP contribution < -0.4 is 5.32 Å². The molecule has 0 spiro atoms. The van der Waals surface area contributed by atoms with Crippen LogP contribution in [0.25, 0.3) is 0 Å². The van der Waals surface area contributed by atoms with Crippen molar-refractivity contribution in [2.45, 2.75) is 25.4 Å². The molecule has 1 aromatic rings. The van der Waals surface area contributed by atoms with Crippen LogP contribution in [0, 0.1) is 0 Å². The zero-order valence-corrected chi connectivity index (χ0v) is 7.59. The molecule has 0 saturated carbocycles. The van der Waals surface area contributed by atoms with Gasteiger partial charge in [-0.2, -0.15) is 5.10 Å². The van der Waals surface area contributed by atoms with Crippen LogP contribution in [0.3, 0.4) is 0 Å². The van der Waals surface area contributed by atoms with Crippen LogP contribution in [0.5, 0.6) is 0 Å². The first-order valence-electron chi connectivity index (χ1n) is 4.27. The fourth-order valence-corrected chi connectivity index (χ4v) is 1.74. The molecule has 12 heavy (non-hydrogen) atoms. The third-order valence-electron chi connectivity index (χ3n) is 2.22. The van der Waals surface area contributed by atoms with Crippen molar-refractivity contribution in [3.05, 3.63) is 17.4 Å². The van der Waals surface area contributed by atoms with Crippen LogP contribution in [0.15, 0.2) is 12.3 Å². The van der Waals surface area contributed by atoms with Crippen molar-refractivity contribution in [3.8, 4) is 0 Å². The summed E-state index contributed by atoms with van der Waals surface area (Å²) < 4.78 is 1.84. The van der Waals surface area contributed by atoms with Gasteiger partial charge in [0.2, 0.25) is 0 Å². The average molecular weight is 186 g/mol. The molecule has 4 heteroatoms. The molecule has 1 aliphatic heterocycles. The highest BCUT2D eigenvalue weighted by Gasteiger charge is 2.15. The summed E-state index contributed by atoms with van der Waals surface area (Å²) in [6, 6.07) is 2.37. The summed E-state index contributed by atoms with van der Waals surface area (Å²) in [6.45, 7) is 2.02. The Kier molecular flexibility index (Phi) is 2.33. The quantitative estimate of drug-likeness (QED) is 0.753. The molecule has 66 valence electrons. The Bertz CT molecular complexity index is 253. The van der Waals surface area contributed by atoms with Gasteiger partial charge in [-0.3, -0.25) is 4.68 Å². The highest BCUT2D eigenvalue weighted by atomic mass is 35.5. The summed E-state index contributed by atoms with van der Waals surface area (Å²) in [4.78, 5) is 0. The van der Waals surface area contributed by atoms with Crippen molar-refractivity contribution < 1.29 is 0 Å². The van der Waals surface area contributed by atoms with E-state index in [1.54, 1.807) is 6.20 Å². The van der Waals surface area contributed by atoms with E-state index in [2.05, 4.69) is 10.4 Å². The molecule has 3 nitrogen and oxygen atoms in total. The molecule has 1 N–H and O–H groups in total. The number of aromatic nitrogens is 2. The van der Waals surface area contributed by atoms with Gasteiger partial charge in [-0.1, -0.05) is 11.6 Å². The van der Waals surface area contributed by atoms with E-state index in [1.165, 1.54) is 12.8 Å². The van der Waals surface area contributed by atoms with Crippen LogP contribution in [0.2, 0.25) is 5.15 Å². The van der Waals surface area contributed by atoms with Gasteiger partial charge in [0.15, 0.2) is 0 Å². The maximum Gasteiger partial charge on any atom is 0.127 e. The maximum atomic E-state index is 5.89. The molecule has 1 unspecified atom stereocenters. The van der Waals surface area contributed by atoms with Crippen LogP contribution in [-0.4, -0.2) is 22.4 Å². The lowest BCUT2D eigenvalue weighted by Crippen LogP contribution is -2.27. The van der Waals surface area contributed by atoms with Crippen LogP contribution in [-0.2, 0) is 6.54 Å². The minimum absolute atomic E-state index is 0.558. The minimum Gasteiger partial charge on any atom is -0.312 e. The Morgan fingerprint density at radius 1 is 1.75 bits per heavy atom. The lowest BCUT2D eigenvalue weighted by Gasteiger charge is -2.10. The third kappa shape index (κ3) is 1.62. The lowest BCUT2D eigenvalue weighted by molar-refractivity contribution is 0.476. The van der Waals surface area contributed by atoms with Crippen molar-refractivity contribution in [3.63, 3.8) is 0 Å². The second-order valence-electron chi connectivity index (χ2n) is 3.13. The molecule has 1 saturated heterocycles. The molecule has 0 amide bonds. The fourth-order valence-electron chi connectivity index (χ4n) is 1.57. The number of nitrogens with zero attached hydrogens (tertiary/aromatic N) is 2. The SMILES string of the molecule is Clc1ccnn1CC1CCCN1. The Balaban J connectivity index is 1.98. The number of rotatable bonds is 2. The normalized spacial score (nSPS) is 23.2. The van der Waals surface area contributed by atoms with E-state index in [0.717, 1.165) is 18.2 Å². The number of hydrogen-bond acceptors (Lipinski definition) is 2. The van der Waals surface area contributed by atoms with Crippen molar-refractivity contribution in [1.82, 2.24) is 15.1 Å². The Morgan fingerprint density at radius 3 is 3.25 bits per heavy atom. The third-order valence-corrected chi connectivity index (χ3v) is 2.54. The predicted octanol–water partition coefficient (Wildman–Crippen LogP) is 1.29. The molecule has 1 fully saturated rings. The first-order chi connectivity index (χ1) is 5.86. The Morgan fingerprint density at radius 2 is 2.67 bits per heavy atom. The molecule has 1 aliphatic rings. The second-order valence-corrected chi connectivity index (χ2v) is 3.52. The van der Waals surface area contributed by atoms with Gasteiger partial charge in [0, 0.05) is 6.04 Å². The van der Waals surface area contributed by atoms with Crippen LogP contribution in [0.1, 0.15) is 12.8 Å². The molecule has 1 atom stereocenters. The summed E-state index contributed by atoms with van der Waals surface area (Å²) in [7, 11) is 0. The van der Waals surface area contributed by atoms with E-state index in [0.29, 0.717) is 6.04 Å². The summed E-state index contributed by atoms with van der Waals surface area (Å²) in [5, 5.41) is 8.25. The summed E-state index contributed by atoms with van der Waals surface area (Å²) in [5.41, 5.74) is 0. The second kappa shape index (κ2) is 3.46. The first-order valence-corrected chi connectivity index (χ1v) is 4.65. The van der Waals surface area contributed by atoms with E-state index in [-0.39, 0.29) is 0 Å². The molecule has 0 bridgehead atoms. The van der Waals surface area contributed by atoms with Crippen molar-refractivity contribution in [2.75, 3.05) is 6.54 Å². The topological polar surface area (TPSA) is 29.9 Å². The van der Waals surface area contributed by atoms with Crippen molar-refractivity contribution in [2.24, 2.45) is 0 Å². The minimum atomic E-state index is 0.558. The molecule has 2 rings (SSSR count). The van der Waals surface area contributed by atoms with E-state index in [4.69, 9.17) is 11.6 Å². The van der Waals surface area contributed by atoms with Gasteiger partial charge < -0.3 is 5.32 Å². The van der Waals surface area contributed by atoms with Gasteiger partial charge in [0.1, 0.15) is 5.15 Å². The molecular formula is C8H12ClN3. The maximum absolute atomic E-state index is 5.89. The number of halogens is 1. The molecule has 1 aromatic heterocycles. The van der Waals surface area contributed by atoms with Gasteiger partial charge in [-0.05, 0) is 25.5 Å². The van der Waals surface area contributed by atoms with Gasteiger partial charge in [0.05, 0.1) is 12.7 Å². The smallest absolute Gasteiger partial charge is 0.127 e. The van der Waals surface area contributed by atoms with E-state index < -0.39 is 0 Å². The summed E-state index contributed by atoms with van der Waals surface area (Å²) >= 11 is 5.89.